The van der Waals surface area contributed by atoms with Crippen molar-refractivity contribution in [3.05, 3.63) is 16.1 Å². The van der Waals surface area contributed by atoms with Crippen molar-refractivity contribution in [2.45, 2.75) is 0 Å². The minimum atomic E-state index is -0.103. The molecule has 1 aromatic heterocycles. The second-order valence-corrected chi connectivity index (χ2v) is 2.72. The second-order valence-electron chi connectivity index (χ2n) is 1.87. The lowest BCUT2D eigenvalue weighted by Crippen LogP contribution is -2.14. The van der Waals surface area contributed by atoms with Crippen LogP contribution in [0.2, 0.25) is 0 Å². The number of rotatable bonds is 2. The Morgan fingerprint density at radius 1 is 1.33 bits per heavy atom. The van der Waals surface area contributed by atoms with Gasteiger partial charge in [-0.2, -0.15) is 0 Å². The number of hydrogen-bond acceptors (Lipinski definition) is 4. The Labute approximate surface area is 79.2 Å². The van der Waals surface area contributed by atoms with Gasteiger partial charge in [0.05, 0.1) is 0 Å². The minimum absolute atomic E-state index is 0. The first-order valence-corrected chi connectivity index (χ1v) is 3.63. The summed E-state index contributed by atoms with van der Waals surface area (Å²) >= 11 is 1.20. The molecular weight excluding hydrogens is 198 g/mol. The van der Waals surface area contributed by atoms with Crippen LogP contribution in [0.1, 0.15) is 10.7 Å². The third-order valence-electron chi connectivity index (χ3n) is 1.01. The second kappa shape index (κ2) is 4.03. The summed E-state index contributed by atoms with van der Waals surface area (Å²) in [6.45, 7) is 0. The maximum absolute atomic E-state index is 7.00. The van der Waals surface area contributed by atoms with Gasteiger partial charge in [-0.05, 0) is 0 Å². The van der Waals surface area contributed by atoms with Crippen LogP contribution in [0.3, 0.4) is 0 Å². The summed E-state index contributed by atoms with van der Waals surface area (Å²) in [6, 6.07) is 0. The molecule has 66 valence electrons. The van der Waals surface area contributed by atoms with Crippen LogP contribution in [0, 0.1) is 10.8 Å². The van der Waals surface area contributed by atoms with Gasteiger partial charge in [0.2, 0.25) is 0 Å². The van der Waals surface area contributed by atoms with Crippen LogP contribution in [0.4, 0.5) is 0 Å². The average molecular weight is 206 g/mol. The van der Waals surface area contributed by atoms with Gasteiger partial charge >= 0.3 is 0 Å². The monoisotopic (exact) mass is 205 g/mol. The summed E-state index contributed by atoms with van der Waals surface area (Å²) in [5, 5.41) is 16.0. The van der Waals surface area contributed by atoms with E-state index in [0.717, 1.165) is 0 Å². The van der Waals surface area contributed by atoms with Gasteiger partial charge in [0.1, 0.15) is 11.5 Å². The molecule has 0 spiro atoms. The molecule has 12 heavy (non-hydrogen) atoms. The van der Waals surface area contributed by atoms with Crippen molar-refractivity contribution < 1.29 is 0 Å². The zero-order chi connectivity index (χ0) is 8.43. The van der Waals surface area contributed by atoms with Crippen molar-refractivity contribution >= 4 is 35.4 Å². The van der Waals surface area contributed by atoms with Crippen molar-refractivity contribution in [3.8, 4) is 0 Å². The molecule has 7 heteroatoms. The maximum atomic E-state index is 7.00. The molecule has 0 saturated carbocycles. The fraction of sp³-hybridized carbons (Fsp3) is 0. The van der Waals surface area contributed by atoms with Crippen LogP contribution in [0.5, 0.6) is 0 Å². The largest absolute Gasteiger partial charge is 0.382 e. The quantitative estimate of drug-likeness (QED) is 0.407. The number of nitrogens with one attached hydrogen (secondary N) is 2. The Morgan fingerprint density at radius 3 is 2.17 bits per heavy atom. The van der Waals surface area contributed by atoms with Crippen LogP contribution >= 0.6 is 23.7 Å². The van der Waals surface area contributed by atoms with Crippen molar-refractivity contribution in [3.63, 3.8) is 0 Å². The van der Waals surface area contributed by atoms with E-state index in [1.807, 2.05) is 0 Å². The molecule has 1 rings (SSSR count). The molecule has 1 heterocycles. The fourth-order valence-corrected chi connectivity index (χ4v) is 1.20. The molecule has 0 saturated heterocycles. The zero-order valence-corrected chi connectivity index (χ0v) is 7.63. The Morgan fingerprint density at radius 2 is 1.92 bits per heavy atom. The number of thiazole rings is 1. The van der Waals surface area contributed by atoms with Crippen molar-refractivity contribution in [2.75, 3.05) is 0 Å². The predicted molar refractivity (Wildman–Crippen MR) is 51.4 cm³/mol. The number of nitrogens with zero attached hydrogens (tertiary/aromatic N) is 1. The molecule has 0 fully saturated rings. The Balaban J connectivity index is 0.00000121. The highest BCUT2D eigenvalue weighted by Crippen LogP contribution is 2.07. The van der Waals surface area contributed by atoms with E-state index >= 15 is 0 Å². The molecule has 0 aliphatic heterocycles. The van der Waals surface area contributed by atoms with Gasteiger partial charge in [0.25, 0.3) is 0 Å². The highest BCUT2D eigenvalue weighted by molar-refractivity contribution is 7.11. The molecule has 1 aromatic rings. The van der Waals surface area contributed by atoms with Crippen LogP contribution in [0.25, 0.3) is 0 Å². The Bertz CT molecular complexity index is 278. The SMILES string of the molecule is Cl.N=C(N)c1csc(C(=N)N)n1. The van der Waals surface area contributed by atoms with Crippen LogP contribution < -0.4 is 11.5 Å². The maximum Gasteiger partial charge on any atom is 0.158 e. The first kappa shape index (κ1) is 10.9. The average Bonchev–Trinajstić information content (AvgIpc) is 2.33. The summed E-state index contributed by atoms with van der Waals surface area (Å²) in [5.41, 5.74) is 10.7. The van der Waals surface area contributed by atoms with Gasteiger partial charge in [0, 0.05) is 5.38 Å². The van der Waals surface area contributed by atoms with Crippen molar-refractivity contribution in [1.82, 2.24) is 4.98 Å². The van der Waals surface area contributed by atoms with E-state index in [1.165, 1.54) is 11.3 Å². The van der Waals surface area contributed by atoms with E-state index in [1.54, 1.807) is 5.38 Å². The van der Waals surface area contributed by atoms with E-state index < -0.39 is 0 Å². The molecule has 0 aromatic carbocycles. The number of nitrogens with two attached hydrogens (primary N) is 2. The highest BCUT2D eigenvalue weighted by Gasteiger charge is 2.05. The van der Waals surface area contributed by atoms with Gasteiger partial charge in [-0.1, -0.05) is 0 Å². The van der Waals surface area contributed by atoms with Gasteiger partial charge in [-0.25, -0.2) is 4.98 Å². The van der Waals surface area contributed by atoms with Gasteiger partial charge in [-0.15, -0.1) is 23.7 Å². The van der Waals surface area contributed by atoms with E-state index in [-0.39, 0.29) is 24.1 Å². The summed E-state index contributed by atoms with van der Waals surface area (Å²) in [6.07, 6.45) is 0. The number of halogens is 1. The summed E-state index contributed by atoms with van der Waals surface area (Å²) in [5.74, 6) is -0.198. The lowest BCUT2D eigenvalue weighted by Gasteiger charge is -1.88. The summed E-state index contributed by atoms with van der Waals surface area (Å²) in [7, 11) is 0. The smallest absolute Gasteiger partial charge is 0.158 e. The molecule has 0 aliphatic carbocycles. The molecule has 0 bridgehead atoms. The first-order chi connectivity index (χ1) is 5.11. The number of nitrogen functional groups attached to an aromatic ring is 2. The van der Waals surface area contributed by atoms with E-state index in [0.29, 0.717) is 10.7 Å². The Kier molecular flexibility index (Phi) is 3.65. The molecule has 0 amide bonds. The van der Waals surface area contributed by atoms with Crippen LogP contribution in [-0.2, 0) is 0 Å². The Hall–Kier alpha value is -1.14. The molecule has 6 N–H and O–H groups in total. The predicted octanol–water partition coefficient (Wildman–Crippen LogP) is 0.133. The lowest BCUT2D eigenvalue weighted by atomic mass is 10.4. The number of aromatic nitrogens is 1. The van der Waals surface area contributed by atoms with E-state index in [9.17, 15) is 0 Å². The molecule has 0 aliphatic rings. The molecule has 5 nitrogen and oxygen atoms in total. The zero-order valence-electron chi connectivity index (χ0n) is 6.00. The molecule has 0 atom stereocenters. The lowest BCUT2D eigenvalue weighted by molar-refractivity contribution is 1.28. The molecular formula is C5H8ClN5S. The number of amidine groups is 2. The normalized spacial score (nSPS) is 8.67. The van der Waals surface area contributed by atoms with Crippen molar-refractivity contribution in [2.24, 2.45) is 11.5 Å². The topological polar surface area (TPSA) is 113 Å². The minimum Gasteiger partial charge on any atom is -0.382 e. The van der Waals surface area contributed by atoms with Gasteiger partial charge in [-0.3, -0.25) is 10.8 Å². The van der Waals surface area contributed by atoms with E-state index in [2.05, 4.69) is 4.98 Å². The fourth-order valence-electron chi connectivity index (χ4n) is 0.521. The van der Waals surface area contributed by atoms with Crippen molar-refractivity contribution in [1.29, 1.82) is 10.8 Å². The molecule has 0 unspecified atom stereocenters. The third kappa shape index (κ3) is 2.18. The highest BCUT2D eigenvalue weighted by atomic mass is 35.5. The van der Waals surface area contributed by atoms with Crippen LogP contribution in [-0.4, -0.2) is 16.7 Å². The van der Waals surface area contributed by atoms with Gasteiger partial charge < -0.3 is 11.5 Å². The first-order valence-electron chi connectivity index (χ1n) is 2.75. The van der Waals surface area contributed by atoms with E-state index in [4.69, 9.17) is 22.3 Å². The van der Waals surface area contributed by atoms with Crippen LogP contribution in [0.15, 0.2) is 5.38 Å². The number of hydrogen-bond donors (Lipinski definition) is 4. The summed E-state index contributed by atoms with van der Waals surface area (Å²) in [4.78, 5) is 3.83. The molecule has 0 radical (unpaired) electrons. The third-order valence-corrected chi connectivity index (χ3v) is 1.89. The summed E-state index contributed by atoms with van der Waals surface area (Å²) < 4.78 is 0. The van der Waals surface area contributed by atoms with Gasteiger partial charge in [0.15, 0.2) is 10.8 Å². The standard InChI is InChI=1S/C5H7N5S.ClH/c6-3(7)2-1-11-5(10-2)4(8)9;/h1H,(H3,6,7)(H3,8,9);1H.